The van der Waals surface area contributed by atoms with Crippen molar-refractivity contribution in [2.24, 2.45) is 0 Å². The summed E-state index contributed by atoms with van der Waals surface area (Å²) in [6, 6.07) is 13.8. The fourth-order valence-corrected chi connectivity index (χ4v) is 3.67. The molecule has 5 nitrogen and oxygen atoms in total. The molecule has 1 aliphatic rings. The first-order chi connectivity index (χ1) is 12.7. The monoisotopic (exact) mass is 352 g/mol. The zero-order chi connectivity index (χ0) is 18.1. The van der Waals surface area contributed by atoms with Crippen LogP contribution in [0.2, 0.25) is 0 Å². The van der Waals surface area contributed by atoms with Crippen molar-refractivity contribution >= 4 is 16.9 Å². The van der Waals surface area contributed by atoms with Gasteiger partial charge in [-0.1, -0.05) is 24.3 Å². The van der Waals surface area contributed by atoms with Crippen LogP contribution in [0.25, 0.3) is 11.0 Å². The maximum absolute atomic E-state index is 13.3. The lowest BCUT2D eigenvalue weighted by molar-refractivity contribution is -0.129. The average Bonchev–Trinajstić information content (AvgIpc) is 3.00. The molecule has 0 spiro atoms. The van der Waals surface area contributed by atoms with E-state index >= 15 is 0 Å². The highest BCUT2D eigenvalue weighted by molar-refractivity contribution is 5.84. The largest absolute Gasteiger partial charge is 0.353 e. The van der Waals surface area contributed by atoms with Crippen LogP contribution in [0.4, 0.5) is 4.39 Å². The molecule has 1 atom stereocenters. The van der Waals surface area contributed by atoms with Gasteiger partial charge in [0, 0.05) is 19.6 Å². The van der Waals surface area contributed by atoms with Crippen molar-refractivity contribution in [1.29, 1.82) is 0 Å². The molecule has 4 rings (SSSR count). The number of nitrogens with zero attached hydrogens (tertiary/aromatic N) is 3. The molecule has 1 amide bonds. The fourth-order valence-electron chi connectivity index (χ4n) is 3.67. The van der Waals surface area contributed by atoms with Crippen molar-refractivity contribution in [2.45, 2.75) is 26.1 Å². The summed E-state index contributed by atoms with van der Waals surface area (Å²) in [4.78, 5) is 19.4. The summed E-state index contributed by atoms with van der Waals surface area (Å²) in [5.41, 5.74) is 2.86. The number of piperazine rings is 1. The smallest absolute Gasteiger partial charge is 0.242 e. The zero-order valence-corrected chi connectivity index (χ0v) is 14.7. The Kier molecular flexibility index (Phi) is 4.42. The second-order valence-electron chi connectivity index (χ2n) is 6.48. The quantitative estimate of drug-likeness (QED) is 0.786. The van der Waals surface area contributed by atoms with E-state index in [4.69, 9.17) is 4.98 Å². The second-order valence-corrected chi connectivity index (χ2v) is 6.48. The predicted octanol–water partition coefficient (Wildman–Crippen LogP) is 2.87. The molecule has 1 aliphatic heterocycles. The Bertz CT molecular complexity index is 935. The number of aryl methyl sites for hydroxylation is 1. The fraction of sp³-hybridized carbons (Fsp3) is 0.300. The summed E-state index contributed by atoms with van der Waals surface area (Å²) in [6.07, 6.45) is 0. The number of carbonyl (C=O) groups is 1. The molecule has 26 heavy (non-hydrogen) atoms. The van der Waals surface area contributed by atoms with Gasteiger partial charge in [0.2, 0.25) is 5.91 Å². The maximum Gasteiger partial charge on any atom is 0.242 e. The van der Waals surface area contributed by atoms with Crippen molar-refractivity contribution in [3.05, 3.63) is 65.7 Å². The molecular weight excluding hydrogens is 331 g/mol. The van der Waals surface area contributed by atoms with Gasteiger partial charge in [0.05, 0.1) is 17.6 Å². The molecule has 0 unspecified atom stereocenters. The molecule has 0 radical (unpaired) electrons. The molecule has 0 bridgehead atoms. The third kappa shape index (κ3) is 2.97. The van der Waals surface area contributed by atoms with Crippen LogP contribution >= 0.6 is 0 Å². The van der Waals surface area contributed by atoms with Crippen LogP contribution in [-0.2, 0) is 17.9 Å². The molecule has 1 fully saturated rings. The summed E-state index contributed by atoms with van der Waals surface area (Å²) in [6.45, 7) is 4.80. The summed E-state index contributed by atoms with van der Waals surface area (Å²) in [7, 11) is 0. The van der Waals surface area contributed by atoms with Crippen molar-refractivity contribution in [2.75, 3.05) is 13.1 Å². The van der Waals surface area contributed by atoms with Gasteiger partial charge in [-0.2, -0.15) is 0 Å². The first kappa shape index (κ1) is 16.7. The normalized spacial score (nSPS) is 18.2. The number of para-hydroxylation sites is 2. The molecule has 1 saturated heterocycles. The average molecular weight is 352 g/mol. The van der Waals surface area contributed by atoms with E-state index in [0.717, 1.165) is 35.5 Å². The molecule has 1 aromatic heterocycles. The van der Waals surface area contributed by atoms with Crippen LogP contribution in [0, 0.1) is 5.82 Å². The SMILES string of the molecule is CCn1c(CN2CCNC(=O)[C@H]2c2ccc(F)cc2)nc2ccccc21. The molecule has 2 aromatic carbocycles. The third-order valence-electron chi connectivity index (χ3n) is 4.89. The first-order valence-corrected chi connectivity index (χ1v) is 8.88. The van der Waals surface area contributed by atoms with Crippen molar-refractivity contribution in [3.63, 3.8) is 0 Å². The molecule has 6 heteroatoms. The van der Waals surface area contributed by atoms with Gasteiger partial charge in [-0.25, -0.2) is 9.37 Å². The summed E-state index contributed by atoms with van der Waals surface area (Å²) >= 11 is 0. The van der Waals surface area contributed by atoms with Crippen molar-refractivity contribution in [3.8, 4) is 0 Å². The number of carbonyl (C=O) groups excluding carboxylic acids is 1. The van der Waals surface area contributed by atoms with E-state index in [0.29, 0.717) is 13.1 Å². The lowest BCUT2D eigenvalue weighted by Gasteiger charge is -2.35. The number of rotatable bonds is 4. The first-order valence-electron chi connectivity index (χ1n) is 8.88. The van der Waals surface area contributed by atoms with Gasteiger partial charge in [0.15, 0.2) is 0 Å². The number of imidazole rings is 1. The van der Waals surface area contributed by atoms with Crippen LogP contribution in [0.1, 0.15) is 24.4 Å². The number of hydrogen-bond donors (Lipinski definition) is 1. The van der Waals surface area contributed by atoms with Crippen molar-refractivity contribution < 1.29 is 9.18 Å². The lowest BCUT2D eigenvalue weighted by Crippen LogP contribution is -2.49. The number of nitrogens with one attached hydrogen (secondary N) is 1. The van der Waals surface area contributed by atoms with Gasteiger partial charge >= 0.3 is 0 Å². The highest BCUT2D eigenvalue weighted by Crippen LogP contribution is 2.26. The number of fused-ring (bicyclic) bond motifs is 1. The van der Waals surface area contributed by atoms with E-state index in [1.807, 2.05) is 18.2 Å². The predicted molar refractivity (Wildman–Crippen MR) is 98.0 cm³/mol. The number of benzene rings is 2. The Morgan fingerprint density at radius 1 is 1.19 bits per heavy atom. The minimum atomic E-state index is -0.436. The Balaban J connectivity index is 1.69. The molecule has 0 aliphatic carbocycles. The van der Waals surface area contributed by atoms with Crippen LogP contribution < -0.4 is 5.32 Å². The number of aromatic nitrogens is 2. The summed E-state index contributed by atoms with van der Waals surface area (Å²) in [5.74, 6) is 0.585. The third-order valence-corrected chi connectivity index (χ3v) is 4.89. The molecule has 134 valence electrons. The molecule has 2 heterocycles. The van der Waals surface area contributed by atoms with E-state index in [1.54, 1.807) is 12.1 Å². The maximum atomic E-state index is 13.3. The minimum absolute atomic E-state index is 0.0537. The van der Waals surface area contributed by atoms with Gasteiger partial charge < -0.3 is 9.88 Å². The molecule has 0 saturated carbocycles. The van der Waals surface area contributed by atoms with Gasteiger partial charge in [-0.05, 0) is 36.8 Å². The summed E-state index contributed by atoms with van der Waals surface area (Å²) < 4.78 is 15.5. The summed E-state index contributed by atoms with van der Waals surface area (Å²) in [5, 5.41) is 2.91. The second kappa shape index (κ2) is 6.88. The lowest BCUT2D eigenvalue weighted by atomic mass is 10.0. The molecule has 3 aromatic rings. The van der Waals surface area contributed by atoms with Crippen molar-refractivity contribution in [1.82, 2.24) is 19.8 Å². The van der Waals surface area contributed by atoms with E-state index in [1.165, 1.54) is 12.1 Å². The highest BCUT2D eigenvalue weighted by atomic mass is 19.1. The topological polar surface area (TPSA) is 50.2 Å². The molecular formula is C20H21FN4O. The zero-order valence-electron chi connectivity index (χ0n) is 14.7. The van der Waals surface area contributed by atoms with Crippen LogP contribution in [0.5, 0.6) is 0 Å². The van der Waals surface area contributed by atoms with Crippen LogP contribution in [-0.4, -0.2) is 33.4 Å². The molecule has 1 N–H and O–H groups in total. The Labute approximate surface area is 151 Å². The van der Waals surface area contributed by atoms with Gasteiger partial charge in [-0.3, -0.25) is 9.69 Å². The Morgan fingerprint density at radius 2 is 1.96 bits per heavy atom. The highest BCUT2D eigenvalue weighted by Gasteiger charge is 2.32. The van der Waals surface area contributed by atoms with Gasteiger partial charge in [0.1, 0.15) is 17.7 Å². The number of hydrogen-bond acceptors (Lipinski definition) is 3. The van der Waals surface area contributed by atoms with E-state index < -0.39 is 6.04 Å². The van der Waals surface area contributed by atoms with Gasteiger partial charge in [-0.15, -0.1) is 0 Å². The standard InChI is InChI=1S/C20H21FN4O/c1-2-25-17-6-4-3-5-16(17)23-18(25)13-24-12-11-22-20(26)19(24)14-7-9-15(21)10-8-14/h3-10,19H,2,11-13H2,1H3,(H,22,26)/t19-/m1/s1. The van der Waals surface area contributed by atoms with E-state index in [2.05, 4.69) is 27.8 Å². The number of amides is 1. The minimum Gasteiger partial charge on any atom is -0.353 e. The Morgan fingerprint density at radius 3 is 2.73 bits per heavy atom. The van der Waals surface area contributed by atoms with E-state index in [9.17, 15) is 9.18 Å². The van der Waals surface area contributed by atoms with Gasteiger partial charge in [0.25, 0.3) is 0 Å². The number of halogens is 1. The van der Waals surface area contributed by atoms with E-state index in [-0.39, 0.29) is 11.7 Å². The Hall–Kier alpha value is -2.73. The van der Waals surface area contributed by atoms with Crippen LogP contribution in [0.3, 0.4) is 0 Å². The van der Waals surface area contributed by atoms with Crippen LogP contribution in [0.15, 0.2) is 48.5 Å².